The molecule has 2 aromatic heterocycles. The van der Waals surface area contributed by atoms with Crippen molar-refractivity contribution >= 4 is 32.7 Å². The molecule has 0 aromatic carbocycles. The van der Waals surface area contributed by atoms with Crippen molar-refractivity contribution in [3.05, 3.63) is 12.7 Å². The molecule has 0 aliphatic rings. The van der Waals surface area contributed by atoms with Gasteiger partial charge in [0.1, 0.15) is 21.7 Å². The lowest BCUT2D eigenvalue weighted by molar-refractivity contribution is -0.119. The van der Waals surface area contributed by atoms with Crippen LogP contribution in [0.3, 0.4) is 0 Å². The van der Waals surface area contributed by atoms with Gasteiger partial charge in [0.15, 0.2) is 11.5 Å². The van der Waals surface area contributed by atoms with Gasteiger partial charge in [-0.15, -0.1) is 0 Å². The van der Waals surface area contributed by atoms with Crippen molar-refractivity contribution in [1.82, 2.24) is 25.3 Å². The van der Waals surface area contributed by atoms with Crippen LogP contribution in [0.4, 0.5) is 5.82 Å². The third kappa shape index (κ3) is 4.12. The van der Waals surface area contributed by atoms with Crippen LogP contribution < -0.4 is 10.2 Å². The Morgan fingerprint density at radius 1 is 1.38 bits per heavy atom. The maximum Gasteiger partial charge on any atom is 0.239 e. The molecule has 0 radical (unpaired) electrons. The maximum atomic E-state index is 11.8. The first-order valence-corrected chi connectivity index (χ1v) is 8.22. The van der Waals surface area contributed by atoms with E-state index in [1.54, 1.807) is 11.9 Å². The number of hydrogen-bond acceptors (Lipinski definition) is 7. The molecule has 0 aliphatic carbocycles. The fraction of sp³-hybridized carbons (Fsp3) is 0.455. The van der Waals surface area contributed by atoms with E-state index in [9.17, 15) is 13.2 Å². The molecule has 2 heterocycles. The summed E-state index contributed by atoms with van der Waals surface area (Å²) >= 11 is 0. The lowest BCUT2D eigenvalue weighted by atomic mass is 10.4. The highest BCUT2D eigenvalue weighted by Crippen LogP contribution is 2.17. The molecule has 10 heteroatoms. The number of aromatic amines is 1. The van der Waals surface area contributed by atoms with E-state index in [0.29, 0.717) is 17.0 Å². The van der Waals surface area contributed by atoms with Crippen LogP contribution in [0.1, 0.15) is 0 Å². The summed E-state index contributed by atoms with van der Waals surface area (Å²) in [6, 6.07) is 0. The Morgan fingerprint density at radius 3 is 2.86 bits per heavy atom. The van der Waals surface area contributed by atoms with Gasteiger partial charge in [0.25, 0.3) is 0 Å². The fourth-order valence-electron chi connectivity index (χ4n) is 1.76. The van der Waals surface area contributed by atoms with Gasteiger partial charge in [-0.3, -0.25) is 4.79 Å². The largest absolute Gasteiger partial charge is 0.354 e. The summed E-state index contributed by atoms with van der Waals surface area (Å²) in [5.41, 5.74) is 1.16. The third-order valence-corrected chi connectivity index (χ3v) is 3.69. The monoisotopic (exact) mass is 312 g/mol. The predicted molar refractivity (Wildman–Crippen MR) is 77.7 cm³/mol. The van der Waals surface area contributed by atoms with Gasteiger partial charge in [-0.25, -0.2) is 23.4 Å². The minimum absolute atomic E-state index is 0.0505. The Hall–Kier alpha value is -2.23. The van der Waals surface area contributed by atoms with Gasteiger partial charge in [0, 0.05) is 19.8 Å². The molecule has 0 atom stereocenters. The molecule has 2 N–H and O–H groups in total. The molecular formula is C11H16N6O3S. The number of imidazole rings is 1. The summed E-state index contributed by atoms with van der Waals surface area (Å²) in [4.78, 5) is 28.5. The predicted octanol–water partition coefficient (Wildman–Crippen LogP) is -1.05. The lowest BCUT2D eigenvalue weighted by Gasteiger charge is -2.17. The van der Waals surface area contributed by atoms with E-state index in [-0.39, 0.29) is 24.7 Å². The zero-order chi connectivity index (χ0) is 15.5. The van der Waals surface area contributed by atoms with Crippen LogP contribution in [0.5, 0.6) is 0 Å². The van der Waals surface area contributed by atoms with Gasteiger partial charge in [-0.1, -0.05) is 0 Å². The van der Waals surface area contributed by atoms with Crippen LogP contribution in [0.15, 0.2) is 12.7 Å². The molecule has 0 saturated heterocycles. The van der Waals surface area contributed by atoms with Crippen LogP contribution in [0.25, 0.3) is 11.2 Å². The van der Waals surface area contributed by atoms with Crippen LogP contribution in [0.2, 0.25) is 0 Å². The number of anilines is 1. The number of H-pyrrole nitrogens is 1. The number of carbonyl (C=O) groups excluding carboxylic acids is 1. The lowest BCUT2D eigenvalue weighted by Crippen LogP contribution is -2.37. The molecular weight excluding hydrogens is 296 g/mol. The maximum absolute atomic E-state index is 11.8. The second-order valence-corrected chi connectivity index (χ2v) is 6.89. The van der Waals surface area contributed by atoms with Crippen LogP contribution >= 0.6 is 0 Å². The normalized spacial score (nSPS) is 11.5. The number of carbonyl (C=O) groups is 1. The first kappa shape index (κ1) is 15.2. The summed E-state index contributed by atoms with van der Waals surface area (Å²) in [7, 11) is -1.38. The molecule has 0 saturated carbocycles. The second-order valence-electron chi connectivity index (χ2n) is 4.63. The number of sulfone groups is 1. The van der Waals surface area contributed by atoms with E-state index in [1.165, 1.54) is 12.7 Å². The van der Waals surface area contributed by atoms with Gasteiger partial charge >= 0.3 is 0 Å². The molecule has 2 aromatic rings. The molecule has 9 nitrogen and oxygen atoms in total. The number of nitrogens with zero attached hydrogens (tertiary/aromatic N) is 4. The Balaban J connectivity index is 1.96. The Labute approximate surface area is 121 Å². The SMILES string of the molecule is CN(CC(=O)NCCS(C)(=O)=O)c1ncnc2nc[nH]c12. The number of likely N-dealkylation sites (N-methyl/N-ethyl adjacent to an activating group) is 1. The van der Waals surface area contributed by atoms with Crippen molar-refractivity contribution in [2.75, 3.05) is 37.0 Å². The molecule has 1 amide bonds. The smallest absolute Gasteiger partial charge is 0.239 e. The van der Waals surface area contributed by atoms with E-state index < -0.39 is 9.84 Å². The Kier molecular flexibility index (Phi) is 4.36. The Bertz CT molecular complexity index is 741. The van der Waals surface area contributed by atoms with E-state index in [1.807, 2.05) is 0 Å². The highest BCUT2D eigenvalue weighted by atomic mass is 32.2. The fourth-order valence-corrected chi connectivity index (χ4v) is 2.24. The van der Waals surface area contributed by atoms with Gasteiger partial charge < -0.3 is 15.2 Å². The summed E-state index contributed by atoms with van der Waals surface area (Å²) in [5.74, 6) is 0.184. The van der Waals surface area contributed by atoms with Crippen molar-refractivity contribution in [2.45, 2.75) is 0 Å². The van der Waals surface area contributed by atoms with E-state index >= 15 is 0 Å². The summed E-state index contributed by atoms with van der Waals surface area (Å²) in [6.07, 6.45) is 4.00. The minimum Gasteiger partial charge on any atom is -0.354 e. The molecule has 0 aliphatic heterocycles. The van der Waals surface area contributed by atoms with Crippen molar-refractivity contribution in [1.29, 1.82) is 0 Å². The van der Waals surface area contributed by atoms with Crippen molar-refractivity contribution in [3.63, 3.8) is 0 Å². The minimum atomic E-state index is -3.08. The molecule has 21 heavy (non-hydrogen) atoms. The number of amides is 1. The molecule has 0 fully saturated rings. The quantitative estimate of drug-likeness (QED) is 0.698. The first-order chi connectivity index (χ1) is 9.87. The molecule has 2 rings (SSSR count). The number of nitrogens with one attached hydrogen (secondary N) is 2. The highest BCUT2D eigenvalue weighted by Gasteiger charge is 2.13. The number of aromatic nitrogens is 4. The molecule has 114 valence electrons. The second kappa shape index (κ2) is 6.04. The van der Waals surface area contributed by atoms with E-state index in [2.05, 4.69) is 25.3 Å². The average molecular weight is 312 g/mol. The summed E-state index contributed by atoms with van der Waals surface area (Å²) in [6.45, 7) is 0.143. The molecule has 0 spiro atoms. The standard InChI is InChI=1S/C11H16N6O3S/c1-17(5-8(18)12-3-4-21(2,19)20)11-9-10(14-6-13-9)15-7-16-11/h6-7H,3-5H2,1-2H3,(H,12,18)(H,13,14,15,16). The molecule has 0 bridgehead atoms. The first-order valence-electron chi connectivity index (χ1n) is 6.16. The third-order valence-electron chi connectivity index (χ3n) is 2.74. The zero-order valence-corrected chi connectivity index (χ0v) is 12.5. The number of rotatable bonds is 6. The zero-order valence-electron chi connectivity index (χ0n) is 11.7. The number of fused-ring (bicyclic) bond motifs is 1. The van der Waals surface area contributed by atoms with E-state index in [4.69, 9.17) is 0 Å². The topological polar surface area (TPSA) is 121 Å². The van der Waals surface area contributed by atoms with Crippen LogP contribution in [-0.4, -0.2) is 66.4 Å². The molecule has 0 unspecified atom stereocenters. The van der Waals surface area contributed by atoms with Gasteiger partial charge in [0.2, 0.25) is 5.91 Å². The van der Waals surface area contributed by atoms with Gasteiger partial charge in [0.05, 0.1) is 18.6 Å². The van der Waals surface area contributed by atoms with Crippen molar-refractivity contribution in [3.8, 4) is 0 Å². The van der Waals surface area contributed by atoms with E-state index in [0.717, 1.165) is 6.26 Å². The number of hydrogen-bond donors (Lipinski definition) is 2. The van der Waals surface area contributed by atoms with Gasteiger partial charge in [-0.2, -0.15) is 0 Å². The summed E-state index contributed by atoms with van der Waals surface area (Å²) < 4.78 is 22.0. The van der Waals surface area contributed by atoms with Crippen LogP contribution in [0, 0.1) is 0 Å². The van der Waals surface area contributed by atoms with Crippen molar-refractivity contribution in [2.24, 2.45) is 0 Å². The Morgan fingerprint density at radius 2 is 2.14 bits per heavy atom. The average Bonchev–Trinajstić information content (AvgIpc) is 2.84. The highest BCUT2D eigenvalue weighted by molar-refractivity contribution is 7.90. The van der Waals surface area contributed by atoms with Crippen LogP contribution in [-0.2, 0) is 14.6 Å². The summed E-state index contributed by atoms with van der Waals surface area (Å²) in [5, 5.41) is 2.55. The van der Waals surface area contributed by atoms with Gasteiger partial charge in [-0.05, 0) is 0 Å². The van der Waals surface area contributed by atoms with Crippen molar-refractivity contribution < 1.29 is 13.2 Å².